The van der Waals surface area contributed by atoms with Crippen molar-refractivity contribution >= 4 is 16.7 Å². The molecule has 0 saturated carbocycles. The Morgan fingerprint density at radius 2 is 1.86 bits per heavy atom. The number of anilines is 1. The summed E-state index contributed by atoms with van der Waals surface area (Å²) in [5, 5.41) is 1.10. The molecule has 0 aliphatic carbocycles. The summed E-state index contributed by atoms with van der Waals surface area (Å²) in [5.41, 5.74) is 9.75. The second-order valence-corrected chi connectivity index (χ2v) is 5.51. The van der Waals surface area contributed by atoms with Crippen LogP contribution in [-0.2, 0) is 0 Å². The maximum atomic E-state index is 6.04. The lowest BCUT2D eigenvalue weighted by Crippen LogP contribution is -2.06. The molecule has 4 heteroatoms. The molecule has 0 fully saturated rings. The first-order valence-electron chi connectivity index (χ1n) is 7.05. The van der Waals surface area contributed by atoms with Crippen LogP contribution in [0.1, 0.15) is 31.2 Å². The first-order chi connectivity index (χ1) is 10.1. The molecule has 106 valence electrons. The number of nitrogen functional groups attached to an aromatic ring is 1. The van der Waals surface area contributed by atoms with E-state index in [1.807, 2.05) is 31.3 Å². The number of hydrogen-bond donors (Lipinski definition) is 1. The van der Waals surface area contributed by atoms with Crippen molar-refractivity contribution in [3.63, 3.8) is 0 Å². The van der Waals surface area contributed by atoms with Gasteiger partial charge in [-0.05, 0) is 19.1 Å². The zero-order valence-corrected chi connectivity index (χ0v) is 12.5. The summed E-state index contributed by atoms with van der Waals surface area (Å²) < 4.78 is 0. The zero-order valence-electron chi connectivity index (χ0n) is 12.5. The summed E-state index contributed by atoms with van der Waals surface area (Å²) in [7, 11) is 0. The van der Waals surface area contributed by atoms with Crippen molar-refractivity contribution in [3.8, 4) is 11.3 Å². The molecule has 0 aliphatic rings. The van der Waals surface area contributed by atoms with Crippen LogP contribution in [0, 0.1) is 6.92 Å². The predicted octanol–water partition coefficient (Wildman–Crippen LogP) is 3.71. The Kier molecular flexibility index (Phi) is 3.29. The average molecular weight is 278 g/mol. The molecule has 3 aromatic rings. The summed E-state index contributed by atoms with van der Waals surface area (Å²) in [5.74, 6) is 1.54. The molecule has 1 aromatic carbocycles. The van der Waals surface area contributed by atoms with Gasteiger partial charge in [0.2, 0.25) is 0 Å². The molecule has 0 aliphatic heterocycles. The van der Waals surface area contributed by atoms with Crippen molar-refractivity contribution < 1.29 is 0 Å². The van der Waals surface area contributed by atoms with Gasteiger partial charge in [-0.25, -0.2) is 9.97 Å². The van der Waals surface area contributed by atoms with Gasteiger partial charge < -0.3 is 5.73 Å². The van der Waals surface area contributed by atoms with Gasteiger partial charge in [-0.15, -0.1) is 0 Å². The van der Waals surface area contributed by atoms with Crippen molar-refractivity contribution in [2.45, 2.75) is 26.7 Å². The minimum atomic E-state index is 0.236. The van der Waals surface area contributed by atoms with Crippen LogP contribution >= 0.6 is 0 Å². The molecule has 4 nitrogen and oxygen atoms in total. The standard InChI is InChI=1S/C17H18N4/c1-10(2)17-20-15(11(3)16(18)21-17)13-8-12-6-4-5-7-14(12)19-9-13/h4-10H,1-3H3,(H2,18,20,21). The number of para-hydroxylation sites is 1. The molecular formula is C17H18N4. The fraction of sp³-hybridized carbons (Fsp3) is 0.235. The monoisotopic (exact) mass is 278 g/mol. The van der Waals surface area contributed by atoms with E-state index in [0.717, 1.165) is 33.5 Å². The zero-order chi connectivity index (χ0) is 15.0. The van der Waals surface area contributed by atoms with Crippen LogP contribution in [0.25, 0.3) is 22.2 Å². The van der Waals surface area contributed by atoms with E-state index >= 15 is 0 Å². The van der Waals surface area contributed by atoms with Crippen LogP contribution in [0.5, 0.6) is 0 Å². The van der Waals surface area contributed by atoms with Crippen molar-refractivity contribution in [3.05, 3.63) is 47.9 Å². The number of fused-ring (bicyclic) bond motifs is 1. The van der Waals surface area contributed by atoms with E-state index in [-0.39, 0.29) is 5.92 Å². The van der Waals surface area contributed by atoms with Crippen LogP contribution in [0.2, 0.25) is 0 Å². The topological polar surface area (TPSA) is 64.7 Å². The smallest absolute Gasteiger partial charge is 0.133 e. The molecule has 3 rings (SSSR count). The SMILES string of the molecule is Cc1c(N)nc(C(C)C)nc1-c1cnc2ccccc2c1. The molecule has 0 unspecified atom stereocenters. The number of nitrogens with two attached hydrogens (primary N) is 1. The van der Waals surface area contributed by atoms with Crippen LogP contribution in [0.3, 0.4) is 0 Å². The van der Waals surface area contributed by atoms with Gasteiger partial charge in [0, 0.05) is 28.6 Å². The Labute approximate surface area is 124 Å². The number of pyridine rings is 1. The van der Waals surface area contributed by atoms with Crippen molar-refractivity contribution in [1.82, 2.24) is 15.0 Å². The highest BCUT2D eigenvalue weighted by atomic mass is 15.0. The average Bonchev–Trinajstić information content (AvgIpc) is 2.49. The van der Waals surface area contributed by atoms with E-state index in [1.165, 1.54) is 0 Å². The first-order valence-corrected chi connectivity index (χ1v) is 7.05. The van der Waals surface area contributed by atoms with Crippen LogP contribution < -0.4 is 5.73 Å². The summed E-state index contributed by atoms with van der Waals surface area (Å²) in [4.78, 5) is 13.5. The van der Waals surface area contributed by atoms with E-state index < -0.39 is 0 Å². The number of nitrogens with zero attached hydrogens (tertiary/aromatic N) is 3. The predicted molar refractivity (Wildman–Crippen MR) is 86.0 cm³/mol. The Bertz CT molecular complexity index is 809. The Hall–Kier alpha value is -2.49. The van der Waals surface area contributed by atoms with Crippen molar-refractivity contribution in [2.75, 3.05) is 5.73 Å². The number of rotatable bonds is 2. The van der Waals surface area contributed by atoms with E-state index in [9.17, 15) is 0 Å². The van der Waals surface area contributed by atoms with Gasteiger partial charge in [0.1, 0.15) is 11.6 Å². The first kappa shape index (κ1) is 13.5. The lowest BCUT2D eigenvalue weighted by molar-refractivity contribution is 0.776. The van der Waals surface area contributed by atoms with Gasteiger partial charge in [-0.1, -0.05) is 32.0 Å². The molecule has 0 spiro atoms. The van der Waals surface area contributed by atoms with Crippen LogP contribution in [-0.4, -0.2) is 15.0 Å². The van der Waals surface area contributed by atoms with E-state index in [1.54, 1.807) is 0 Å². The van der Waals surface area contributed by atoms with Gasteiger partial charge in [0.05, 0.1) is 11.2 Å². The highest BCUT2D eigenvalue weighted by Gasteiger charge is 2.13. The fourth-order valence-electron chi connectivity index (χ4n) is 2.29. The second kappa shape index (κ2) is 5.13. The lowest BCUT2D eigenvalue weighted by atomic mass is 10.1. The molecule has 2 aromatic heterocycles. The number of benzene rings is 1. The number of hydrogen-bond acceptors (Lipinski definition) is 4. The summed E-state index contributed by atoms with van der Waals surface area (Å²) in [6.07, 6.45) is 1.85. The molecular weight excluding hydrogens is 260 g/mol. The second-order valence-electron chi connectivity index (χ2n) is 5.51. The van der Waals surface area contributed by atoms with Crippen LogP contribution in [0.4, 0.5) is 5.82 Å². The van der Waals surface area contributed by atoms with E-state index in [2.05, 4.69) is 40.9 Å². The maximum absolute atomic E-state index is 6.04. The molecule has 0 saturated heterocycles. The minimum Gasteiger partial charge on any atom is -0.383 e. The summed E-state index contributed by atoms with van der Waals surface area (Å²) in [6.45, 7) is 6.07. The van der Waals surface area contributed by atoms with Gasteiger partial charge in [-0.3, -0.25) is 4.98 Å². The van der Waals surface area contributed by atoms with Crippen molar-refractivity contribution in [1.29, 1.82) is 0 Å². The third kappa shape index (κ3) is 2.44. The summed E-state index contributed by atoms with van der Waals surface area (Å²) >= 11 is 0. The highest BCUT2D eigenvalue weighted by molar-refractivity contribution is 5.83. The molecule has 21 heavy (non-hydrogen) atoms. The van der Waals surface area contributed by atoms with Crippen LogP contribution in [0.15, 0.2) is 36.5 Å². The lowest BCUT2D eigenvalue weighted by Gasteiger charge is -2.12. The molecule has 0 bridgehead atoms. The Morgan fingerprint density at radius 1 is 1.10 bits per heavy atom. The van der Waals surface area contributed by atoms with Gasteiger partial charge in [-0.2, -0.15) is 0 Å². The molecule has 0 atom stereocenters. The van der Waals surface area contributed by atoms with Gasteiger partial charge >= 0.3 is 0 Å². The Balaban J connectivity index is 2.21. The number of aromatic nitrogens is 3. The van der Waals surface area contributed by atoms with Gasteiger partial charge in [0.15, 0.2) is 0 Å². The quantitative estimate of drug-likeness (QED) is 0.776. The third-order valence-electron chi connectivity index (χ3n) is 3.58. The van der Waals surface area contributed by atoms with Crippen molar-refractivity contribution in [2.24, 2.45) is 0 Å². The third-order valence-corrected chi connectivity index (χ3v) is 3.58. The fourth-order valence-corrected chi connectivity index (χ4v) is 2.29. The van der Waals surface area contributed by atoms with E-state index in [0.29, 0.717) is 5.82 Å². The Morgan fingerprint density at radius 3 is 2.62 bits per heavy atom. The molecule has 2 N–H and O–H groups in total. The molecule has 2 heterocycles. The molecule has 0 radical (unpaired) electrons. The minimum absolute atomic E-state index is 0.236. The highest BCUT2D eigenvalue weighted by Crippen LogP contribution is 2.27. The largest absolute Gasteiger partial charge is 0.383 e. The maximum Gasteiger partial charge on any atom is 0.133 e. The normalized spacial score (nSPS) is 11.2. The molecule has 0 amide bonds. The summed E-state index contributed by atoms with van der Waals surface area (Å²) in [6, 6.07) is 10.1. The van der Waals surface area contributed by atoms with E-state index in [4.69, 9.17) is 5.73 Å². The van der Waals surface area contributed by atoms with Gasteiger partial charge in [0.25, 0.3) is 0 Å².